The molecule has 1 aromatic heterocycles. The molecule has 1 aromatic carbocycles. The van der Waals surface area contributed by atoms with Gasteiger partial charge in [0.1, 0.15) is 5.82 Å². The van der Waals surface area contributed by atoms with Crippen molar-refractivity contribution >= 4 is 11.0 Å². The first-order valence-electron chi connectivity index (χ1n) is 6.65. The van der Waals surface area contributed by atoms with Gasteiger partial charge < -0.3 is 14.6 Å². The predicted molar refractivity (Wildman–Crippen MR) is 71.7 cm³/mol. The molecular formula is C14H19N3O. The Labute approximate surface area is 107 Å². The van der Waals surface area contributed by atoms with Crippen LogP contribution in [0, 0.1) is 0 Å². The maximum absolute atomic E-state index is 5.79. The summed E-state index contributed by atoms with van der Waals surface area (Å²) in [5.41, 5.74) is 2.29. The molecule has 1 unspecified atom stereocenters. The number of nitrogens with zero attached hydrogens (tertiary/aromatic N) is 2. The van der Waals surface area contributed by atoms with Crippen molar-refractivity contribution in [2.75, 3.05) is 19.7 Å². The van der Waals surface area contributed by atoms with Crippen molar-refractivity contribution in [3.8, 4) is 0 Å². The van der Waals surface area contributed by atoms with E-state index in [2.05, 4.69) is 40.0 Å². The van der Waals surface area contributed by atoms with E-state index in [1.165, 1.54) is 5.52 Å². The second-order valence-electron chi connectivity index (χ2n) is 4.68. The first-order valence-corrected chi connectivity index (χ1v) is 6.65. The number of hydrogen-bond donors (Lipinski definition) is 1. The topological polar surface area (TPSA) is 39.1 Å². The molecule has 1 saturated heterocycles. The molecule has 2 aromatic rings. The summed E-state index contributed by atoms with van der Waals surface area (Å²) in [4.78, 5) is 4.68. The standard InChI is InChI=1S/C14H19N3O/c1-2-14-16-12-5-3-4-6-13(12)17(14)10-11-9-15-7-8-18-11/h3-6,11,15H,2,7-10H2,1H3. The van der Waals surface area contributed by atoms with Gasteiger partial charge in [-0.3, -0.25) is 0 Å². The molecule has 2 heterocycles. The Balaban J connectivity index is 1.93. The molecule has 0 radical (unpaired) electrons. The van der Waals surface area contributed by atoms with Crippen molar-refractivity contribution in [3.63, 3.8) is 0 Å². The summed E-state index contributed by atoms with van der Waals surface area (Å²) in [5.74, 6) is 1.14. The van der Waals surface area contributed by atoms with Crippen LogP contribution in [0.2, 0.25) is 0 Å². The van der Waals surface area contributed by atoms with Crippen molar-refractivity contribution in [3.05, 3.63) is 30.1 Å². The highest BCUT2D eigenvalue weighted by molar-refractivity contribution is 5.75. The van der Waals surface area contributed by atoms with Crippen molar-refractivity contribution in [2.45, 2.75) is 26.0 Å². The average molecular weight is 245 g/mol. The lowest BCUT2D eigenvalue weighted by molar-refractivity contribution is 0.0184. The maximum Gasteiger partial charge on any atom is 0.109 e. The lowest BCUT2D eigenvalue weighted by atomic mass is 10.2. The molecule has 96 valence electrons. The summed E-state index contributed by atoms with van der Waals surface area (Å²) in [6, 6.07) is 8.32. The van der Waals surface area contributed by atoms with Gasteiger partial charge in [0, 0.05) is 19.5 Å². The van der Waals surface area contributed by atoms with Gasteiger partial charge in [-0.15, -0.1) is 0 Å². The van der Waals surface area contributed by atoms with Gasteiger partial charge in [0.2, 0.25) is 0 Å². The van der Waals surface area contributed by atoms with Crippen LogP contribution in [0.1, 0.15) is 12.7 Å². The van der Waals surface area contributed by atoms with Crippen molar-refractivity contribution < 1.29 is 4.74 Å². The minimum atomic E-state index is 0.252. The number of aryl methyl sites for hydroxylation is 1. The highest BCUT2D eigenvalue weighted by atomic mass is 16.5. The van der Waals surface area contributed by atoms with Crippen LogP contribution in [0.5, 0.6) is 0 Å². The van der Waals surface area contributed by atoms with Crippen molar-refractivity contribution in [1.82, 2.24) is 14.9 Å². The average Bonchev–Trinajstić information content (AvgIpc) is 2.78. The second kappa shape index (κ2) is 5.08. The predicted octanol–water partition coefficient (Wildman–Crippen LogP) is 1.59. The van der Waals surface area contributed by atoms with E-state index in [4.69, 9.17) is 4.74 Å². The molecule has 1 N–H and O–H groups in total. The van der Waals surface area contributed by atoms with Crippen LogP contribution in [0.4, 0.5) is 0 Å². The van der Waals surface area contributed by atoms with E-state index >= 15 is 0 Å². The van der Waals surface area contributed by atoms with E-state index in [1.807, 2.05) is 6.07 Å². The van der Waals surface area contributed by atoms with Crippen LogP contribution < -0.4 is 5.32 Å². The van der Waals surface area contributed by atoms with Gasteiger partial charge in [-0.2, -0.15) is 0 Å². The van der Waals surface area contributed by atoms with Crippen LogP contribution in [0.15, 0.2) is 24.3 Å². The van der Waals surface area contributed by atoms with Gasteiger partial charge in [-0.05, 0) is 12.1 Å². The molecule has 4 heteroatoms. The Morgan fingerprint density at radius 2 is 2.33 bits per heavy atom. The highest BCUT2D eigenvalue weighted by Gasteiger charge is 2.17. The quantitative estimate of drug-likeness (QED) is 0.892. The molecule has 1 aliphatic rings. The minimum absolute atomic E-state index is 0.252. The van der Waals surface area contributed by atoms with Crippen LogP contribution in [0.25, 0.3) is 11.0 Å². The molecule has 0 bridgehead atoms. The molecule has 1 fully saturated rings. The highest BCUT2D eigenvalue weighted by Crippen LogP contribution is 2.17. The van der Waals surface area contributed by atoms with Gasteiger partial charge in [0.25, 0.3) is 0 Å². The molecule has 1 aliphatic heterocycles. The third kappa shape index (κ3) is 2.13. The number of imidazole rings is 1. The molecule has 18 heavy (non-hydrogen) atoms. The fourth-order valence-corrected chi connectivity index (χ4v) is 2.54. The second-order valence-corrected chi connectivity index (χ2v) is 4.68. The van der Waals surface area contributed by atoms with Gasteiger partial charge >= 0.3 is 0 Å². The zero-order valence-corrected chi connectivity index (χ0v) is 10.7. The van der Waals surface area contributed by atoms with Crippen molar-refractivity contribution in [2.24, 2.45) is 0 Å². The third-order valence-electron chi connectivity index (χ3n) is 3.44. The normalized spacial score (nSPS) is 20.4. The maximum atomic E-state index is 5.79. The van der Waals surface area contributed by atoms with Gasteiger partial charge in [0.15, 0.2) is 0 Å². The largest absolute Gasteiger partial charge is 0.374 e. The Morgan fingerprint density at radius 1 is 1.44 bits per heavy atom. The van der Waals surface area contributed by atoms with E-state index in [9.17, 15) is 0 Å². The number of ether oxygens (including phenoxy) is 1. The number of morpholine rings is 1. The zero-order chi connectivity index (χ0) is 12.4. The third-order valence-corrected chi connectivity index (χ3v) is 3.44. The van der Waals surface area contributed by atoms with Gasteiger partial charge in [-0.25, -0.2) is 4.98 Å². The smallest absolute Gasteiger partial charge is 0.109 e. The summed E-state index contributed by atoms with van der Waals surface area (Å²) in [7, 11) is 0. The number of hydrogen-bond acceptors (Lipinski definition) is 3. The summed E-state index contributed by atoms with van der Waals surface area (Å²) < 4.78 is 8.09. The Kier molecular flexibility index (Phi) is 3.30. The summed E-state index contributed by atoms with van der Waals surface area (Å²) >= 11 is 0. The van der Waals surface area contributed by atoms with E-state index in [-0.39, 0.29) is 6.10 Å². The fourth-order valence-electron chi connectivity index (χ4n) is 2.54. The van der Waals surface area contributed by atoms with Crippen LogP contribution in [-0.4, -0.2) is 35.4 Å². The fraction of sp³-hybridized carbons (Fsp3) is 0.500. The van der Waals surface area contributed by atoms with Crippen LogP contribution >= 0.6 is 0 Å². The minimum Gasteiger partial charge on any atom is -0.374 e. The van der Waals surface area contributed by atoms with E-state index < -0.39 is 0 Å². The zero-order valence-electron chi connectivity index (χ0n) is 10.7. The molecule has 0 spiro atoms. The van der Waals surface area contributed by atoms with Gasteiger partial charge in [-0.1, -0.05) is 19.1 Å². The molecule has 1 atom stereocenters. The van der Waals surface area contributed by atoms with E-state index in [0.29, 0.717) is 0 Å². The van der Waals surface area contributed by atoms with Crippen LogP contribution in [0.3, 0.4) is 0 Å². The Hall–Kier alpha value is -1.39. The summed E-state index contributed by atoms with van der Waals surface area (Å²) in [5, 5.41) is 3.37. The van der Waals surface area contributed by atoms with E-state index in [0.717, 1.165) is 44.0 Å². The number of aromatic nitrogens is 2. The summed E-state index contributed by atoms with van der Waals surface area (Å²) in [6.07, 6.45) is 1.20. The van der Waals surface area contributed by atoms with E-state index in [1.54, 1.807) is 0 Å². The molecule has 0 saturated carbocycles. The Morgan fingerprint density at radius 3 is 3.11 bits per heavy atom. The first kappa shape index (κ1) is 11.7. The van der Waals surface area contributed by atoms with Crippen LogP contribution in [-0.2, 0) is 17.7 Å². The molecule has 0 aliphatic carbocycles. The molecule has 3 rings (SSSR count). The number of benzene rings is 1. The first-order chi connectivity index (χ1) is 8.88. The molecule has 4 nitrogen and oxygen atoms in total. The van der Waals surface area contributed by atoms with Gasteiger partial charge in [0.05, 0.1) is 30.3 Å². The lowest BCUT2D eigenvalue weighted by Crippen LogP contribution is -2.40. The molecular weight excluding hydrogens is 226 g/mol. The number of para-hydroxylation sites is 2. The number of rotatable bonds is 3. The lowest BCUT2D eigenvalue weighted by Gasteiger charge is -2.24. The number of nitrogens with one attached hydrogen (secondary N) is 1. The Bertz CT molecular complexity index is 529. The van der Waals surface area contributed by atoms with Crippen molar-refractivity contribution in [1.29, 1.82) is 0 Å². The SMILES string of the molecule is CCc1nc2ccccc2n1CC1CNCCO1. The summed E-state index contributed by atoms with van der Waals surface area (Å²) in [6.45, 7) is 5.73. The number of fused-ring (bicyclic) bond motifs is 1. The molecule has 0 amide bonds. The monoisotopic (exact) mass is 245 g/mol.